The molecule has 0 spiro atoms. The molecule has 17 heavy (non-hydrogen) atoms. The fourth-order valence-electron chi connectivity index (χ4n) is 1.81. The third kappa shape index (κ3) is 5.17. The van der Waals surface area contributed by atoms with E-state index in [9.17, 15) is 5.11 Å². The highest BCUT2D eigenvalue weighted by molar-refractivity contribution is 7.10. The summed E-state index contributed by atoms with van der Waals surface area (Å²) in [7, 11) is 1.61. The van der Waals surface area contributed by atoms with Crippen LogP contribution in [0.4, 0.5) is 0 Å². The normalized spacial score (nSPS) is 15.1. The second-order valence-electron chi connectivity index (χ2n) is 4.59. The number of aliphatic hydroxyl groups excluding tert-OH is 1. The van der Waals surface area contributed by atoms with E-state index in [1.54, 1.807) is 18.4 Å². The summed E-state index contributed by atoms with van der Waals surface area (Å²) in [6.07, 6.45) is 0.353. The highest BCUT2D eigenvalue weighted by atomic mass is 32.1. The van der Waals surface area contributed by atoms with Crippen molar-refractivity contribution in [3.8, 4) is 0 Å². The first-order valence-electron chi connectivity index (χ1n) is 6.09. The van der Waals surface area contributed by atoms with Crippen LogP contribution in [0.2, 0.25) is 0 Å². The van der Waals surface area contributed by atoms with Crippen molar-refractivity contribution in [3.05, 3.63) is 22.4 Å². The fraction of sp³-hybridized carbons (Fsp3) is 0.692. The Balaban J connectivity index is 2.36. The van der Waals surface area contributed by atoms with Crippen molar-refractivity contribution in [2.75, 3.05) is 20.3 Å². The number of methoxy groups -OCH3 is 1. The molecule has 0 fully saturated rings. The molecule has 0 aliphatic heterocycles. The quantitative estimate of drug-likeness (QED) is 0.751. The molecule has 98 valence electrons. The van der Waals surface area contributed by atoms with Gasteiger partial charge in [0.1, 0.15) is 0 Å². The Morgan fingerprint density at radius 1 is 1.47 bits per heavy atom. The summed E-state index contributed by atoms with van der Waals surface area (Å²) < 4.78 is 4.91. The van der Waals surface area contributed by atoms with Gasteiger partial charge in [-0.25, -0.2) is 0 Å². The monoisotopic (exact) mass is 257 g/mol. The summed E-state index contributed by atoms with van der Waals surface area (Å²) in [5, 5.41) is 15.2. The van der Waals surface area contributed by atoms with Crippen LogP contribution in [0.5, 0.6) is 0 Å². The Morgan fingerprint density at radius 3 is 2.76 bits per heavy atom. The lowest BCUT2D eigenvalue weighted by molar-refractivity contribution is 0.0587. The molecule has 1 rings (SSSR count). The van der Waals surface area contributed by atoms with Gasteiger partial charge in [-0.2, -0.15) is 0 Å². The first-order chi connectivity index (χ1) is 8.15. The maximum Gasteiger partial charge on any atom is 0.0785 e. The summed E-state index contributed by atoms with van der Waals surface area (Å²) in [6, 6.07) is 4.62. The Labute approximate surface area is 108 Å². The standard InChI is InChI=1S/C13H23NO2S/c1-10(2)13(12-5-4-8-17-12)14-7-6-11(15)9-16-3/h4-5,8,10-11,13-15H,6-7,9H2,1-3H3. The van der Waals surface area contributed by atoms with Crippen LogP contribution < -0.4 is 5.32 Å². The lowest BCUT2D eigenvalue weighted by Gasteiger charge is -2.22. The zero-order valence-electron chi connectivity index (χ0n) is 10.8. The maximum absolute atomic E-state index is 9.57. The molecule has 0 saturated heterocycles. The van der Waals surface area contributed by atoms with Gasteiger partial charge in [-0.1, -0.05) is 19.9 Å². The zero-order valence-corrected chi connectivity index (χ0v) is 11.7. The van der Waals surface area contributed by atoms with Gasteiger partial charge >= 0.3 is 0 Å². The van der Waals surface area contributed by atoms with E-state index in [4.69, 9.17) is 4.74 Å². The molecule has 1 heterocycles. The molecule has 0 aliphatic rings. The average Bonchev–Trinajstić information content (AvgIpc) is 2.77. The molecular weight excluding hydrogens is 234 g/mol. The molecular formula is C13H23NO2S. The van der Waals surface area contributed by atoms with Crippen LogP contribution in [0.25, 0.3) is 0 Å². The first kappa shape index (κ1) is 14.6. The molecule has 4 heteroatoms. The third-order valence-electron chi connectivity index (χ3n) is 2.72. The molecule has 2 atom stereocenters. The van der Waals surface area contributed by atoms with Crippen molar-refractivity contribution in [2.45, 2.75) is 32.4 Å². The van der Waals surface area contributed by atoms with Crippen LogP contribution >= 0.6 is 11.3 Å². The molecule has 0 aromatic carbocycles. The van der Waals surface area contributed by atoms with E-state index in [0.717, 1.165) is 13.0 Å². The van der Waals surface area contributed by atoms with Crippen LogP contribution in [-0.2, 0) is 4.74 Å². The molecule has 0 aliphatic carbocycles. The van der Waals surface area contributed by atoms with E-state index in [1.807, 2.05) is 0 Å². The second kappa shape index (κ2) is 7.82. The van der Waals surface area contributed by atoms with E-state index in [-0.39, 0.29) is 6.10 Å². The Hall–Kier alpha value is -0.420. The summed E-state index contributed by atoms with van der Waals surface area (Å²) in [6.45, 7) is 5.64. The van der Waals surface area contributed by atoms with Gasteiger partial charge in [0.05, 0.1) is 12.7 Å². The van der Waals surface area contributed by atoms with Gasteiger partial charge in [0.15, 0.2) is 0 Å². The van der Waals surface area contributed by atoms with Crippen LogP contribution in [0.1, 0.15) is 31.2 Å². The van der Waals surface area contributed by atoms with Gasteiger partial charge in [0.25, 0.3) is 0 Å². The van der Waals surface area contributed by atoms with Crippen molar-refractivity contribution in [3.63, 3.8) is 0 Å². The van der Waals surface area contributed by atoms with Gasteiger partial charge in [-0.05, 0) is 30.3 Å². The summed E-state index contributed by atoms with van der Waals surface area (Å²) >= 11 is 1.78. The van der Waals surface area contributed by atoms with E-state index >= 15 is 0 Å². The Bertz CT molecular complexity index is 288. The molecule has 1 aromatic rings. The minimum Gasteiger partial charge on any atom is -0.391 e. The van der Waals surface area contributed by atoms with Gasteiger partial charge in [-0.3, -0.25) is 0 Å². The van der Waals surface area contributed by atoms with Gasteiger partial charge in [-0.15, -0.1) is 11.3 Å². The van der Waals surface area contributed by atoms with Crippen LogP contribution in [-0.4, -0.2) is 31.5 Å². The molecule has 2 unspecified atom stereocenters. The van der Waals surface area contributed by atoms with Crippen molar-refractivity contribution >= 4 is 11.3 Å². The predicted molar refractivity (Wildman–Crippen MR) is 72.4 cm³/mol. The highest BCUT2D eigenvalue weighted by Gasteiger charge is 2.16. The number of ether oxygens (including phenoxy) is 1. The number of rotatable bonds is 8. The topological polar surface area (TPSA) is 41.5 Å². The number of aliphatic hydroxyl groups is 1. The predicted octanol–water partition coefficient (Wildman–Crippen LogP) is 2.43. The molecule has 0 amide bonds. The molecule has 3 nitrogen and oxygen atoms in total. The lowest BCUT2D eigenvalue weighted by Crippen LogP contribution is -2.29. The average molecular weight is 257 g/mol. The largest absolute Gasteiger partial charge is 0.391 e. The van der Waals surface area contributed by atoms with E-state index in [1.165, 1.54) is 4.88 Å². The Kier molecular flexibility index (Phi) is 6.73. The summed E-state index contributed by atoms with van der Waals surface area (Å²) in [4.78, 5) is 1.36. The molecule has 2 N–H and O–H groups in total. The van der Waals surface area contributed by atoms with Gasteiger partial charge in [0.2, 0.25) is 0 Å². The minimum atomic E-state index is -0.372. The number of nitrogens with one attached hydrogen (secondary N) is 1. The van der Waals surface area contributed by atoms with Crippen molar-refractivity contribution < 1.29 is 9.84 Å². The maximum atomic E-state index is 9.57. The smallest absolute Gasteiger partial charge is 0.0785 e. The van der Waals surface area contributed by atoms with Gasteiger partial charge in [0, 0.05) is 18.0 Å². The van der Waals surface area contributed by atoms with Crippen molar-refractivity contribution in [1.82, 2.24) is 5.32 Å². The van der Waals surface area contributed by atoms with Crippen LogP contribution in [0, 0.1) is 5.92 Å². The van der Waals surface area contributed by atoms with Gasteiger partial charge < -0.3 is 15.2 Å². The molecule has 0 radical (unpaired) electrons. The fourth-order valence-corrected chi connectivity index (χ4v) is 2.79. The number of thiophene rings is 1. The number of hydrogen-bond acceptors (Lipinski definition) is 4. The second-order valence-corrected chi connectivity index (χ2v) is 5.57. The zero-order chi connectivity index (χ0) is 12.7. The van der Waals surface area contributed by atoms with E-state index in [0.29, 0.717) is 18.6 Å². The third-order valence-corrected chi connectivity index (χ3v) is 3.67. The van der Waals surface area contributed by atoms with Crippen LogP contribution in [0.3, 0.4) is 0 Å². The van der Waals surface area contributed by atoms with Crippen molar-refractivity contribution in [1.29, 1.82) is 0 Å². The van der Waals surface area contributed by atoms with E-state index < -0.39 is 0 Å². The molecule has 1 aromatic heterocycles. The lowest BCUT2D eigenvalue weighted by atomic mass is 10.0. The van der Waals surface area contributed by atoms with Crippen molar-refractivity contribution in [2.24, 2.45) is 5.92 Å². The van der Waals surface area contributed by atoms with E-state index in [2.05, 4.69) is 36.7 Å². The summed E-state index contributed by atoms with van der Waals surface area (Å²) in [5.41, 5.74) is 0. The summed E-state index contributed by atoms with van der Waals surface area (Å²) in [5.74, 6) is 0.549. The number of hydrogen-bond donors (Lipinski definition) is 2. The van der Waals surface area contributed by atoms with Crippen LogP contribution in [0.15, 0.2) is 17.5 Å². The Morgan fingerprint density at radius 2 is 2.24 bits per heavy atom. The first-order valence-corrected chi connectivity index (χ1v) is 6.97. The SMILES string of the molecule is COCC(O)CCNC(c1cccs1)C(C)C. The highest BCUT2D eigenvalue weighted by Crippen LogP contribution is 2.25. The minimum absolute atomic E-state index is 0.372. The molecule has 0 saturated carbocycles. The molecule has 0 bridgehead atoms.